The van der Waals surface area contributed by atoms with E-state index in [2.05, 4.69) is 0 Å². The summed E-state index contributed by atoms with van der Waals surface area (Å²) >= 11 is 0. The standard InChI is InChI=1S/C10H12O5/c1-5(11)7-8(12)6-3-2-4-14-10(6)15-9(7)13/h6,10,12H,2-4H2,1H3. The van der Waals surface area contributed by atoms with Gasteiger partial charge in [-0.15, -0.1) is 0 Å². The first-order valence-electron chi connectivity index (χ1n) is 4.88. The van der Waals surface area contributed by atoms with E-state index < -0.39 is 18.0 Å². The van der Waals surface area contributed by atoms with Gasteiger partial charge in [0.05, 0.1) is 12.5 Å². The van der Waals surface area contributed by atoms with Crippen LogP contribution in [0, 0.1) is 5.92 Å². The molecule has 0 radical (unpaired) electrons. The average Bonchev–Trinajstić information content (AvgIpc) is 2.17. The van der Waals surface area contributed by atoms with Crippen LogP contribution >= 0.6 is 0 Å². The molecule has 0 aromatic heterocycles. The number of fused-ring (bicyclic) bond motifs is 1. The summed E-state index contributed by atoms with van der Waals surface area (Å²) in [6.45, 7) is 1.74. The SMILES string of the molecule is CC(=O)C1=C(O)C2CCCOC2OC1=O. The Labute approximate surface area is 86.7 Å². The Morgan fingerprint density at radius 1 is 1.53 bits per heavy atom. The van der Waals surface area contributed by atoms with Gasteiger partial charge in [0.2, 0.25) is 6.29 Å². The summed E-state index contributed by atoms with van der Waals surface area (Å²) in [6.07, 6.45) is 0.725. The molecule has 0 saturated carbocycles. The highest BCUT2D eigenvalue weighted by atomic mass is 16.7. The van der Waals surface area contributed by atoms with E-state index in [4.69, 9.17) is 9.47 Å². The first kappa shape index (κ1) is 10.2. The van der Waals surface area contributed by atoms with Crippen molar-refractivity contribution in [2.45, 2.75) is 26.1 Å². The zero-order valence-corrected chi connectivity index (χ0v) is 8.36. The average molecular weight is 212 g/mol. The van der Waals surface area contributed by atoms with Gasteiger partial charge in [0.25, 0.3) is 0 Å². The molecule has 2 aliphatic heterocycles. The van der Waals surface area contributed by atoms with Gasteiger partial charge in [-0.1, -0.05) is 0 Å². The fourth-order valence-corrected chi connectivity index (χ4v) is 1.92. The number of hydrogen-bond acceptors (Lipinski definition) is 5. The van der Waals surface area contributed by atoms with Gasteiger partial charge >= 0.3 is 5.97 Å². The van der Waals surface area contributed by atoms with Crippen LogP contribution in [-0.4, -0.2) is 29.8 Å². The lowest BCUT2D eigenvalue weighted by atomic mass is 9.92. The van der Waals surface area contributed by atoms with Gasteiger partial charge in [0.15, 0.2) is 5.78 Å². The van der Waals surface area contributed by atoms with Crippen LogP contribution in [0.3, 0.4) is 0 Å². The third kappa shape index (κ3) is 1.63. The van der Waals surface area contributed by atoms with E-state index in [9.17, 15) is 14.7 Å². The number of carbonyl (C=O) groups is 2. The number of Topliss-reactive ketones (excluding diaryl/α,β-unsaturated/α-hetero) is 1. The molecule has 82 valence electrons. The van der Waals surface area contributed by atoms with E-state index in [0.717, 1.165) is 6.42 Å². The Bertz CT molecular complexity index is 344. The molecule has 0 aromatic rings. The lowest BCUT2D eigenvalue weighted by Gasteiger charge is -2.34. The summed E-state index contributed by atoms with van der Waals surface area (Å²) in [6, 6.07) is 0. The molecule has 2 rings (SSSR count). The lowest BCUT2D eigenvalue weighted by Crippen LogP contribution is -2.41. The number of esters is 1. The Morgan fingerprint density at radius 2 is 2.27 bits per heavy atom. The second-order valence-electron chi connectivity index (χ2n) is 3.71. The molecule has 0 aliphatic carbocycles. The first-order chi connectivity index (χ1) is 7.11. The van der Waals surface area contributed by atoms with Crippen molar-refractivity contribution in [1.82, 2.24) is 0 Å². The minimum atomic E-state index is -0.789. The van der Waals surface area contributed by atoms with E-state index in [1.807, 2.05) is 0 Å². The number of ketones is 1. The Kier molecular flexibility index (Phi) is 2.48. The summed E-state index contributed by atoms with van der Waals surface area (Å²) in [5.74, 6) is -1.82. The summed E-state index contributed by atoms with van der Waals surface area (Å²) < 4.78 is 10.1. The predicted octanol–water partition coefficient (Wildman–Crippen LogP) is 0.697. The van der Waals surface area contributed by atoms with E-state index in [0.29, 0.717) is 13.0 Å². The molecule has 1 saturated heterocycles. The number of hydrogen-bond donors (Lipinski definition) is 1. The molecule has 2 heterocycles. The maximum Gasteiger partial charge on any atom is 0.347 e. The minimum Gasteiger partial charge on any atom is -0.511 e. The smallest absolute Gasteiger partial charge is 0.347 e. The van der Waals surface area contributed by atoms with Crippen molar-refractivity contribution >= 4 is 11.8 Å². The summed E-state index contributed by atoms with van der Waals surface area (Å²) in [4.78, 5) is 22.5. The van der Waals surface area contributed by atoms with Crippen LogP contribution in [0.15, 0.2) is 11.3 Å². The van der Waals surface area contributed by atoms with Gasteiger partial charge in [-0.2, -0.15) is 0 Å². The van der Waals surface area contributed by atoms with Crippen LogP contribution in [-0.2, 0) is 19.1 Å². The molecule has 0 bridgehead atoms. The molecule has 2 aliphatic rings. The van der Waals surface area contributed by atoms with Crippen LogP contribution in [0.25, 0.3) is 0 Å². The maximum atomic E-state index is 11.4. The largest absolute Gasteiger partial charge is 0.511 e. The highest BCUT2D eigenvalue weighted by molar-refractivity contribution is 6.17. The van der Waals surface area contributed by atoms with Gasteiger partial charge in [-0.3, -0.25) is 4.79 Å². The van der Waals surface area contributed by atoms with Crippen molar-refractivity contribution in [3.63, 3.8) is 0 Å². The Morgan fingerprint density at radius 3 is 2.93 bits per heavy atom. The molecule has 1 N–H and O–H groups in total. The third-order valence-electron chi connectivity index (χ3n) is 2.66. The summed E-state index contributed by atoms with van der Waals surface area (Å²) in [5.41, 5.74) is -0.234. The Balaban J connectivity index is 2.36. The highest BCUT2D eigenvalue weighted by Gasteiger charge is 2.41. The molecule has 5 heteroatoms. The normalized spacial score (nSPS) is 30.9. The van der Waals surface area contributed by atoms with E-state index in [1.165, 1.54) is 6.92 Å². The topological polar surface area (TPSA) is 72.8 Å². The second-order valence-corrected chi connectivity index (χ2v) is 3.71. The molecular formula is C10H12O5. The molecular weight excluding hydrogens is 200 g/mol. The van der Waals surface area contributed by atoms with E-state index >= 15 is 0 Å². The predicted molar refractivity (Wildman–Crippen MR) is 48.9 cm³/mol. The quantitative estimate of drug-likeness (QED) is 0.511. The Hall–Kier alpha value is -1.36. The van der Waals surface area contributed by atoms with Crippen molar-refractivity contribution < 1.29 is 24.2 Å². The van der Waals surface area contributed by atoms with Gasteiger partial charge in [-0.05, 0) is 19.8 Å². The third-order valence-corrected chi connectivity index (χ3v) is 2.66. The van der Waals surface area contributed by atoms with Crippen LogP contribution in [0.5, 0.6) is 0 Å². The van der Waals surface area contributed by atoms with Crippen molar-refractivity contribution in [2.75, 3.05) is 6.61 Å². The van der Waals surface area contributed by atoms with Gasteiger partial charge in [-0.25, -0.2) is 4.79 Å². The molecule has 1 fully saturated rings. The number of carbonyl (C=O) groups excluding carboxylic acids is 2. The maximum absolute atomic E-state index is 11.4. The number of aliphatic hydroxyl groups excluding tert-OH is 1. The minimum absolute atomic E-state index is 0.177. The van der Waals surface area contributed by atoms with Crippen molar-refractivity contribution in [3.8, 4) is 0 Å². The first-order valence-corrected chi connectivity index (χ1v) is 4.88. The lowest BCUT2D eigenvalue weighted by molar-refractivity contribution is -0.203. The molecule has 2 unspecified atom stereocenters. The van der Waals surface area contributed by atoms with Crippen LogP contribution < -0.4 is 0 Å². The zero-order valence-electron chi connectivity index (χ0n) is 8.36. The molecule has 0 amide bonds. The zero-order chi connectivity index (χ0) is 11.0. The number of aliphatic hydroxyl groups is 1. The second kappa shape index (κ2) is 3.66. The van der Waals surface area contributed by atoms with Crippen LogP contribution in [0.2, 0.25) is 0 Å². The molecule has 2 atom stereocenters. The van der Waals surface area contributed by atoms with Gasteiger partial charge < -0.3 is 14.6 Å². The van der Waals surface area contributed by atoms with Crippen LogP contribution in [0.4, 0.5) is 0 Å². The van der Waals surface area contributed by atoms with E-state index in [1.54, 1.807) is 0 Å². The monoisotopic (exact) mass is 212 g/mol. The summed E-state index contributed by atoms with van der Waals surface area (Å²) in [7, 11) is 0. The fourth-order valence-electron chi connectivity index (χ4n) is 1.92. The van der Waals surface area contributed by atoms with E-state index in [-0.39, 0.29) is 17.3 Å². The van der Waals surface area contributed by atoms with Crippen molar-refractivity contribution in [3.05, 3.63) is 11.3 Å². The van der Waals surface area contributed by atoms with Crippen LogP contribution in [0.1, 0.15) is 19.8 Å². The molecule has 5 nitrogen and oxygen atoms in total. The molecule has 0 aromatic carbocycles. The highest BCUT2D eigenvalue weighted by Crippen LogP contribution is 2.33. The number of ether oxygens (including phenoxy) is 2. The van der Waals surface area contributed by atoms with Gasteiger partial charge in [0, 0.05) is 0 Å². The molecule has 15 heavy (non-hydrogen) atoms. The van der Waals surface area contributed by atoms with Crippen molar-refractivity contribution in [1.29, 1.82) is 0 Å². The number of rotatable bonds is 1. The fraction of sp³-hybridized carbons (Fsp3) is 0.600. The van der Waals surface area contributed by atoms with Crippen molar-refractivity contribution in [2.24, 2.45) is 5.92 Å². The molecule has 0 spiro atoms. The van der Waals surface area contributed by atoms with Gasteiger partial charge in [0.1, 0.15) is 11.3 Å². The summed E-state index contributed by atoms with van der Waals surface area (Å²) in [5, 5.41) is 9.78.